The first-order chi connectivity index (χ1) is 8.13. The van der Waals surface area contributed by atoms with E-state index in [2.05, 4.69) is 41.6 Å². The Hall–Kier alpha value is -1.68. The number of hydrogen-bond donors (Lipinski definition) is 1. The van der Waals surface area contributed by atoms with E-state index in [0.717, 1.165) is 17.1 Å². The van der Waals surface area contributed by atoms with Gasteiger partial charge in [-0.2, -0.15) is 0 Å². The quantitative estimate of drug-likeness (QED) is 0.878. The van der Waals surface area contributed by atoms with Gasteiger partial charge in [-0.1, -0.05) is 17.3 Å². The highest BCUT2D eigenvalue weighted by atomic mass is 15.4. The van der Waals surface area contributed by atoms with Gasteiger partial charge in [0.2, 0.25) is 0 Å². The Balaban J connectivity index is 2.44. The number of nitrogens with one attached hydrogen (secondary N) is 1. The van der Waals surface area contributed by atoms with Crippen molar-refractivity contribution in [1.82, 2.24) is 20.3 Å². The maximum atomic E-state index is 4.24. The van der Waals surface area contributed by atoms with Gasteiger partial charge < -0.3 is 5.32 Å². The van der Waals surface area contributed by atoms with Crippen LogP contribution in [0.3, 0.4) is 0 Å². The Bertz CT molecular complexity index is 516. The predicted molar refractivity (Wildman–Crippen MR) is 68.3 cm³/mol. The first-order valence-electron chi connectivity index (χ1n) is 5.80. The van der Waals surface area contributed by atoms with Crippen LogP contribution < -0.4 is 5.32 Å². The first kappa shape index (κ1) is 11.8. The molecule has 1 atom stereocenters. The topological polar surface area (TPSA) is 42.7 Å². The average Bonchev–Trinajstić information content (AvgIpc) is 2.70. The van der Waals surface area contributed by atoms with E-state index in [1.807, 2.05) is 30.8 Å². The molecule has 1 aromatic carbocycles. The monoisotopic (exact) mass is 230 g/mol. The first-order valence-corrected chi connectivity index (χ1v) is 5.80. The Kier molecular flexibility index (Phi) is 3.24. The van der Waals surface area contributed by atoms with Crippen molar-refractivity contribution in [1.29, 1.82) is 0 Å². The molecule has 0 bridgehead atoms. The summed E-state index contributed by atoms with van der Waals surface area (Å²) in [6.07, 6.45) is 0. The van der Waals surface area contributed by atoms with E-state index in [-0.39, 0.29) is 6.04 Å². The summed E-state index contributed by atoms with van der Waals surface area (Å²) >= 11 is 0. The standard InChI is InChI=1S/C13H18N4/c1-9-6-5-7-12(8-9)17-11(3)13(15-16-17)10(2)14-4/h5-8,10,14H,1-4H3. The van der Waals surface area contributed by atoms with E-state index in [1.165, 1.54) is 5.56 Å². The minimum Gasteiger partial charge on any atom is -0.312 e. The van der Waals surface area contributed by atoms with E-state index in [1.54, 1.807) is 0 Å². The molecule has 90 valence electrons. The second-order valence-electron chi connectivity index (χ2n) is 4.32. The Labute approximate surface area is 102 Å². The zero-order chi connectivity index (χ0) is 12.4. The number of aromatic nitrogens is 3. The molecule has 1 heterocycles. The van der Waals surface area contributed by atoms with Gasteiger partial charge in [-0.3, -0.25) is 0 Å². The highest BCUT2D eigenvalue weighted by Crippen LogP contribution is 2.17. The summed E-state index contributed by atoms with van der Waals surface area (Å²) < 4.78 is 1.89. The SMILES string of the molecule is CNC(C)c1nnn(-c2cccc(C)c2)c1C. The van der Waals surface area contributed by atoms with E-state index in [4.69, 9.17) is 0 Å². The summed E-state index contributed by atoms with van der Waals surface area (Å²) in [5.41, 5.74) is 4.36. The predicted octanol–water partition coefficient (Wildman–Crippen LogP) is 2.16. The van der Waals surface area contributed by atoms with Crippen LogP contribution in [-0.2, 0) is 0 Å². The maximum absolute atomic E-state index is 4.24. The fourth-order valence-corrected chi connectivity index (χ4v) is 1.88. The fourth-order valence-electron chi connectivity index (χ4n) is 1.88. The molecular formula is C13H18N4. The van der Waals surface area contributed by atoms with Gasteiger partial charge in [0, 0.05) is 0 Å². The molecule has 1 N–H and O–H groups in total. The third-order valence-electron chi connectivity index (χ3n) is 3.02. The molecule has 0 fully saturated rings. The Morgan fingerprint density at radius 2 is 2.06 bits per heavy atom. The van der Waals surface area contributed by atoms with Crippen LogP contribution in [0.5, 0.6) is 0 Å². The number of benzene rings is 1. The van der Waals surface area contributed by atoms with Crippen LogP contribution in [0.25, 0.3) is 5.69 Å². The molecule has 4 nitrogen and oxygen atoms in total. The molecule has 0 radical (unpaired) electrons. The molecular weight excluding hydrogens is 212 g/mol. The molecule has 1 aromatic heterocycles. The van der Waals surface area contributed by atoms with Crippen molar-refractivity contribution in [3.8, 4) is 5.69 Å². The molecule has 17 heavy (non-hydrogen) atoms. The summed E-state index contributed by atoms with van der Waals surface area (Å²) in [7, 11) is 1.93. The van der Waals surface area contributed by atoms with Crippen LogP contribution in [-0.4, -0.2) is 22.0 Å². The average molecular weight is 230 g/mol. The number of aryl methyl sites for hydroxylation is 1. The van der Waals surface area contributed by atoms with E-state index >= 15 is 0 Å². The van der Waals surface area contributed by atoms with Crippen molar-refractivity contribution in [2.75, 3.05) is 7.05 Å². The number of hydrogen-bond acceptors (Lipinski definition) is 3. The van der Waals surface area contributed by atoms with Crippen molar-refractivity contribution in [2.45, 2.75) is 26.8 Å². The molecule has 0 aliphatic rings. The van der Waals surface area contributed by atoms with Crippen LogP contribution in [0.2, 0.25) is 0 Å². The second kappa shape index (κ2) is 4.67. The normalized spacial score (nSPS) is 12.7. The van der Waals surface area contributed by atoms with Crippen molar-refractivity contribution < 1.29 is 0 Å². The van der Waals surface area contributed by atoms with Gasteiger partial charge in [0.25, 0.3) is 0 Å². The van der Waals surface area contributed by atoms with Gasteiger partial charge in [-0.15, -0.1) is 5.10 Å². The molecule has 0 saturated heterocycles. The van der Waals surface area contributed by atoms with E-state index in [0.29, 0.717) is 0 Å². The zero-order valence-electron chi connectivity index (χ0n) is 10.7. The smallest absolute Gasteiger partial charge is 0.103 e. The highest BCUT2D eigenvalue weighted by Gasteiger charge is 2.14. The maximum Gasteiger partial charge on any atom is 0.103 e. The van der Waals surface area contributed by atoms with Crippen LogP contribution in [0.1, 0.15) is 29.9 Å². The lowest BCUT2D eigenvalue weighted by atomic mass is 10.2. The molecule has 1 unspecified atom stereocenters. The Morgan fingerprint density at radius 3 is 2.71 bits per heavy atom. The lowest BCUT2D eigenvalue weighted by Gasteiger charge is -2.08. The summed E-state index contributed by atoms with van der Waals surface area (Å²) in [5.74, 6) is 0. The molecule has 2 rings (SSSR count). The van der Waals surface area contributed by atoms with Gasteiger partial charge in [0.1, 0.15) is 5.69 Å². The van der Waals surface area contributed by atoms with Gasteiger partial charge in [0.05, 0.1) is 17.4 Å². The number of rotatable bonds is 3. The lowest BCUT2D eigenvalue weighted by molar-refractivity contribution is 0.627. The molecule has 0 amide bonds. The lowest BCUT2D eigenvalue weighted by Crippen LogP contribution is -2.14. The summed E-state index contributed by atoms with van der Waals surface area (Å²) in [4.78, 5) is 0. The van der Waals surface area contributed by atoms with Gasteiger partial charge in [-0.25, -0.2) is 4.68 Å². The minimum absolute atomic E-state index is 0.216. The third kappa shape index (κ3) is 2.22. The van der Waals surface area contributed by atoms with Crippen molar-refractivity contribution >= 4 is 0 Å². The summed E-state index contributed by atoms with van der Waals surface area (Å²) in [6.45, 7) is 6.20. The van der Waals surface area contributed by atoms with Crippen molar-refractivity contribution in [2.24, 2.45) is 0 Å². The molecule has 0 aliphatic carbocycles. The van der Waals surface area contributed by atoms with E-state index in [9.17, 15) is 0 Å². The van der Waals surface area contributed by atoms with Crippen LogP contribution >= 0.6 is 0 Å². The molecule has 2 aromatic rings. The van der Waals surface area contributed by atoms with Gasteiger partial charge >= 0.3 is 0 Å². The Morgan fingerprint density at radius 1 is 1.29 bits per heavy atom. The number of nitrogens with zero attached hydrogens (tertiary/aromatic N) is 3. The third-order valence-corrected chi connectivity index (χ3v) is 3.02. The molecule has 0 saturated carbocycles. The molecule has 0 aliphatic heterocycles. The van der Waals surface area contributed by atoms with Gasteiger partial charge in [0.15, 0.2) is 0 Å². The van der Waals surface area contributed by atoms with Crippen LogP contribution in [0.4, 0.5) is 0 Å². The molecule has 0 spiro atoms. The fraction of sp³-hybridized carbons (Fsp3) is 0.385. The zero-order valence-corrected chi connectivity index (χ0v) is 10.7. The second-order valence-corrected chi connectivity index (χ2v) is 4.32. The van der Waals surface area contributed by atoms with Crippen molar-refractivity contribution in [3.05, 3.63) is 41.2 Å². The minimum atomic E-state index is 0.216. The van der Waals surface area contributed by atoms with Crippen molar-refractivity contribution in [3.63, 3.8) is 0 Å². The summed E-state index contributed by atoms with van der Waals surface area (Å²) in [6, 6.07) is 8.48. The van der Waals surface area contributed by atoms with Crippen LogP contribution in [0, 0.1) is 13.8 Å². The molecule has 4 heteroatoms. The van der Waals surface area contributed by atoms with Crippen LogP contribution in [0.15, 0.2) is 24.3 Å². The summed E-state index contributed by atoms with van der Waals surface area (Å²) in [5, 5.41) is 11.6. The highest BCUT2D eigenvalue weighted by molar-refractivity contribution is 5.36. The van der Waals surface area contributed by atoms with Gasteiger partial charge in [-0.05, 0) is 45.5 Å². The largest absolute Gasteiger partial charge is 0.312 e. The van der Waals surface area contributed by atoms with E-state index < -0.39 is 0 Å².